The lowest BCUT2D eigenvalue weighted by molar-refractivity contribution is 0.797. The Labute approximate surface area is 246 Å². The zero-order chi connectivity index (χ0) is 27.1. The van der Waals surface area contributed by atoms with Crippen LogP contribution < -0.4 is 0 Å². The maximum Gasteiger partial charge on any atom is 0.0796 e. The van der Waals surface area contributed by atoms with Crippen LogP contribution in [0.5, 0.6) is 0 Å². The Morgan fingerprint density at radius 1 is 0.756 bits per heavy atom. The summed E-state index contributed by atoms with van der Waals surface area (Å²) in [6.07, 6.45) is 3.59. The van der Waals surface area contributed by atoms with Crippen LogP contribution in [0.3, 0.4) is 0 Å². The first kappa shape index (κ1) is 23.0. The number of unbranched alkanes of at least 4 members (excludes halogenated alkanes) is 1. The van der Waals surface area contributed by atoms with Gasteiger partial charge in [-0.1, -0.05) is 43.7 Å². The molecular weight excluding hydrogens is 535 g/mol. The van der Waals surface area contributed by atoms with Crippen LogP contribution in [-0.4, -0.2) is 4.98 Å². The minimum absolute atomic E-state index is 1.07. The second-order valence-corrected chi connectivity index (χ2v) is 14.2. The summed E-state index contributed by atoms with van der Waals surface area (Å²) in [6.45, 7) is 6.85. The predicted molar refractivity (Wildman–Crippen MR) is 180 cm³/mol. The molecule has 0 saturated carbocycles. The van der Waals surface area contributed by atoms with Crippen LogP contribution in [0.1, 0.15) is 42.1 Å². The van der Waals surface area contributed by atoms with Crippen molar-refractivity contribution in [1.82, 2.24) is 4.98 Å². The van der Waals surface area contributed by atoms with Gasteiger partial charge in [0.25, 0.3) is 0 Å². The zero-order valence-electron chi connectivity index (χ0n) is 23.4. The van der Waals surface area contributed by atoms with Gasteiger partial charge in [-0.05, 0) is 106 Å². The first-order valence-electron chi connectivity index (χ1n) is 14.8. The second kappa shape index (κ2) is 7.79. The molecule has 0 fully saturated rings. The number of thioether (sulfide) groups is 1. The molecule has 2 aromatic heterocycles. The van der Waals surface area contributed by atoms with Crippen LogP contribution in [0.15, 0.2) is 65.6 Å². The highest BCUT2D eigenvalue weighted by Crippen LogP contribution is 2.56. The Morgan fingerprint density at radius 2 is 1.63 bits per heavy atom. The van der Waals surface area contributed by atoms with Crippen molar-refractivity contribution in [1.29, 1.82) is 0 Å². The minimum Gasteiger partial charge on any atom is -0.252 e. The van der Waals surface area contributed by atoms with Crippen LogP contribution in [0.4, 0.5) is 0 Å². The van der Waals surface area contributed by atoms with E-state index in [1.54, 1.807) is 5.56 Å². The van der Waals surface area contributed by atoms with Gasteiger partial charge in [-0.2, -0.15) is 0 Å². The van der Waals surface area contributed by atoms with Crippen molar-refractivity contribution < 1.29 is 0 Å². The Balaban J connectivity index is 1.36. The smallest absolute Gasteiger partial charge is 0.0796 e. The van der Waals surface area contributed by atoms with Crippen molar-refractivity contribution in [2.75, 3.05) is 0 Å². The van der Waals surface area contributed by atoms with E-state index in [1.165, 1.54) is 115 Å². The van der Waals surface area contributed by atoms with Gasteiger partial charge >= 0.3 is 0 Å². The molecule has 0 radical (unpaired) electrons. The Bertz CT molecular complexity index is 2480. The molecule has 10 rings (SSSR count). The molecule has 1 aliphatic carbocycles. The number of hydrogen-bond donors (Lipinski definition) is 0. The first-order valence-corrected chi connectivity index (χ1v) is 16.6. The summed E-state index contributed by atoms with van der Waals surface area (Å²) in [6, 6.07) is 23.7. The number of rotatable bonds is 3. The van der Waals surface area contributed by atoms with Crippen LogP contribution in [0.2, 0.25) is 0 Å². The van der Waals surface area contributed by atoms with Gasteiger partial charge in [-0.3, -0.25) is 4.98 Å². The quantitative estimate of drug-likeness (QED) is 0.199. The molecule has 1 aliphatic heterocycles. The van der Waals surface area contributed by atoms with Crippen molar-refractivity contribution in [3.05, 3.63) is 83.0 Å². The van der Waals surface area contributed by atoms with Gasteiger partial charge < -0.3 is 0 Å². The summed E-state index contributed by atoms with van der Waals surface area (Å²) in [5, 5.41) is 14.0. The van der Waals surface area contributed by atoms with Gasteiger partial charge in [-0.25, -0.2) is 0 Å². The molecule has 3 heteroatoms. The summed E-state index contributed by atoms with van der Waals surface area (Å²) in [7, 11) is 0. The third-order valence-electron chi connectivity index (χ3n) is 9.95. The molecule has 0 N–H and O–H groups in total. The van der Waals surface area contributed by atoms with Gasteiger partial charge in [0.05, 0.1) is 5.69 Å². The zero-order valence-corrected chi connectivity index (χ0v) is 25.0. The van der Waals surface area contributed by atoms with E-state index >= 15 is 0 Å². The van der Waals surface area contributed by atoms with E-state index in [1.807, 2.05) is 23.1 Å². The molecule has 0 bridgehead atoms. The van der Waals surface area contributed by atoms with Gasteiger partial charge in [0.15, 0.2) is 0 Å². The molecule has 0 unspecified atom stereocenters. The van der Waals surface area contributed by atoms with Crippen LogP contribution in [0.25, 0.3) is 85.6 Å². The number of nitrogens with zero attached hydrogens (tertiary/aromatic N) is 1. The van der Waals surface area contributed by atoms with Gasteiger partial charge in [-0.15, -0.1) is 23.1 Å². The summed E-state index contributed by atoms with van der Waals surface area (Å²) < 4.78 is 2.88. The molecule has 0 atom stereocenters. The highest BCUT2D eigenvalue weighted by atomic mass is 32.2. The molecule has 0 amide bonds. The Morgan fingerprint density at radius 3 is 2.51 bits per heavy atom. The number of hydrogen-bond acceptors (Lipinski definition) is 3. The fourth-order valence-corrected chi connectivity index (χ4v) is 10.5. The molecule has 6 aromatic carbocycles. The summed E-state index contributed by atoms with van der Waals surface area (Å²) in [5.41, 5.74) is 10.8. The largest absolute Gasteiger partial charge is 0.252 e. The minimum atomic E-state index is 1.07. The Hall–Kier alpha value is -3.66. The molecule has 1 nitrogen and oxygen atoms in total. The molecule has 0 spiro atoms. The second-order valence-electron chi connectivity index (χ2n) is 12.1. The van der Waals surface area contributed by atoms with Gasteiger partial charge in [0, 0.05) is 63.6 Å². The molecule has 3 heterocycles. The highest BCUT2D eigenvalue weighted by molar-refractivity contribution is 7.99. The van der Waals surface area contributed by atoms with E-state index in [2.05, 4.69) is 81.4 Å². The van der Waals surface area contributed by atoms with Crippen molar-refractivity contribution in [3.8, 4) is 22.4 Å². The fourth-order valence-electron chi connectivity index (χ4n) is 8.05. The van der Waals surface area contributed by atoms with Gasteiger partial charge in [0.1, 0.15) is 0 Å². The predicted octanol–water partition coefficient (Wildman–Crippen LogP) is 11.7. The Kier molecular flexibility index (Phi) is 4.36. The van der Waals surface area contributed by atoms with Crippen LogP contribution >= 0.6 is 23.1 Å². The molecule has 196 valence electrons. The molecule has 41 heavy (non-hydrogen) atoms. The molecule has 2 aliphatic rings. The van der Waals surface area contributed by atoms with E-state index < -0.39 is 0 Å². The van der Waals surface area contributed by atoms with Crippen LogP contribution in [0, 0.1) is 13.8 Å². The van der Waals surface area contributed by atoms with Crippen LogP contribution in [-0.2, 0) is 12.2 Å². The lowest BCUT2D eigenvalue weighted by Crippen LogP contribution is -1.93. The third-order valence-corrected chi connectivity index (χ3v) is 12.3. The van der Waals surface area contributed by atoms with Gasteiger partial charge in [0.2, 0.25) is 0 Å². The topological polar surface area (TPSA) is 12.9 Å². The number of pyridine rings is 1. The van der Waals surface area contributed by atoms with E-state index in [-0.39, 0.29) is 0 Å². The summed E-state index contributed by atoms with van der Waals surface area (Å²) in [5.74, 6) is 1.07. The average molecular weight is 562 g/mol. The maximum absolute atomic E-state index is 5.36. The average Bonchev–Trinajstić information content (AvgIpc) is 3.67. The molecule has 8 aromatic rings. The lowest BCUT2D eigenvalue weighted by Gasteiger charge is -2.15. The van der Waals surface area contributed by atoms with E-state index in [0.29, 0.717) is 0 Å². The normalized spacial score (nSPS) is 13.8. The highest BCUT2D eigenvalue weighted by Gasteiger charge is 2.30. The van der Waals surface area contributed by atoms with E-state index in [0.717, 1.165) is 17.9 Å². The SMILES string of the molecule is CCCCc1c(C)c2ccccc2c2c1sc1cc3c(cc12)-c1nc(C)c2cc4c5c(ccc6cc-3c1c2c65)SC4. The number of aryl methyl sites for hydroxylation is 3. The lowest BCUT2D eigenvalue weighted by atomic mass is 9.89. The van der Waals surface area contributed by atoms with Crippen molar-refractivity contribution in [2.24, 2.45) is 0 Å². The number of fused-ring (bicyclic) bond motifs is 8. The van der Waals surface area contributed by atoms with Crippen molar-refractivity contribution >= 4 is 86.4 Å². The number of aromatic nitrogens is 1. The first-order chi connectivity index (χ1) is 20.1. The summed E-state index contributed by atoms with van der Waals surface area (Å²) >= 11 is 3.98. The fraction of sp³-hybridized carbons (Fsp3) is 0.184. The monoisotopic (exact) mass is 561 g/mol. The number of benzene rings is 6. The number of thiophene rings is 1. The van der Waals surface area contributed by atoms with Crippen molar-refractivity contribution in [3.63, 3.8) is 0 Å². The van der Waals surface area contributed by atoms with Crippen molar-refractivity contribution in [2.45, 2.75) is 50.7 Å². The molecular formula is C38H27NS2. The maximum atomic E-state index is 5.36. The standard InChI is InChI=1S/C38H27NS2/c1-4-5-8-23-18(2)22-9-6-7-10-24(22)34-29-15-28-26(16-31(29)41-38(23)34)27-13-20-11-12-30-32-21(17-40-30)14-25-19(3)39-37(28)36(27)35(25)33(20)32/h6-7,9-16H,4-5,8,17H2,1-3H3. The van der Waals surface area contributed by atoms with E-state index in [9.17, 15) is 0 Å². The third kappa shape index (κ3) is 2.73. The molecule has 0 saturated heterocycles. The summed E-state index contributed by atoms with van der Waals surface area (Å²) in [4.78, 5) is 6.80. The van der Waals surface area contributed by atoms with E-state index in [4.69, 9.17) is 4.98 Å².